The highest BCUT2D eigenvalue weighted by Gasteiger charge is 2.17. The molecule has 0 bridgehead atoms. The number of nitrogens with two attached hydrogens (primary N) is 1. The third-order valence-corrected chi connectivity index (χ3v) is 2.88. The minimum absolute atomic E-state index is 0.0856. The van der Waals surface area contributed by atoms with Crippen LogP contribution in [0.5, 0.6) is 5.75 Å². The topological polar surface area (TPSA) is 89.6 Å². The van der Waals surface area contributed by atoms with Gasteiger partial charge in [-0.05, 0) is 6.07 Å². The molecule has 0 aliphatic carbocycles. The zero-order valence-corrected chi connectivity index (χ0v) is 8.71. The molecule has 7 heteroatoms. The summed E-state index contributed by atoms with van der Waals surface area (Å²) in [5.74, 6) is 3.44. The molecular formula is C8H10FNO4S. The number of rotatable bonds is 3. The quantitative estimate of drug-likeness (QED) is 0.737. The lowest BCUT2D eigenvalue weighted by molar-refractivity contribution is 0.122. The van der Waals surface area contributed by atoms with Crippen LogP contribution in [0.15, 0.2) is 17.0 Å². The SMILES string of the molecule is CS(=O)(=O)c1cc(O)c(CON)cc1F. The smallest absolute Gasteiger partial charge is 0.178 e. The largest absolute Gasteiger partial charge is 0.508 e. The first-order valence-corrected chi connectivity index (χ1v) is 5.78. The third-order valence-electron chi connectivity index (χ3n) is 1.77. The first kappa shape index (κ1) is 11.9. The normalized spacial score (nSPS) is 11.7. The van der Waals surface area contributed by atoms with Crippen LogP contribution in [0.2, 0.25) is 0 Å². The van der Waals surface area contributed by atoms with Gasteiger partial charge in [-0.1, -0.05) is 0 Å². The number of aromatic hydroxyl groups is 1. The van der Waals surface area contributed by atoms with Gasteiger partial charge >= 0.3 is 0 Å². The van der Waals surface area contributed by atoms with Gasteiger partial charge in [0.05, 0.1) is 6.61 Å². The average molecular weight is 235 g/mol. The Bertz CT molecular complexity index is 472. The van der Waals surface area contributed by atoms with Gasteiger partial charge in [0.25, 0.3) is 0 Å². The molecule has 0 amide bonds. The van der Waals surface area contributed by atoms with Crippen LogP contribution in [0.1, 0.15) is 5.56 Å². The third kappa shape index (κ3) is 2.65. The summed E-state index contributed by atoms with van der Waals surface area (Å²) < 4.78 is 35.4. The van der Waals surface area contributed by atoms with E-state index in [0.717, 1.165) is 18.4 Å². The molecule has 0 aliphatic rings. The van der Waals surface area contributed by atoms with Gasteiger partial charge in [-0.2, -0.15) is 0 Å². The highest BCUT2D eigenvalue weighted by atomic mass is 32.2. The van der Waals surface area contributed by atoms with E-state index in [9.17, 15) is 17.9 Å². The molecule has 0 atom stereocenters. The van der Waals surface area contributed by atoms with Gasteiger partial charge in [0.15, 0.2) is 9.84 Å². The van der Waals surface area contributed by atoms with Crippen molar-refractivity contribution < 1.29 is 22.8 Å². The van der Waals surface area contributed by atoms with E-state index in [4.69, 9.17) is 5.90 Å². The van der Waals surface area contributed by atoms with Gasteiger partial charge < -0.3 is 5.11 Å². The summed E-state index contributed by atoms with van der Waals surface area (Å²) in [5, 5.41) is 9.34. The number of halogens is 1. The van der Waals surface area contributed by atoms with Crippen LogP contribution in [0.25, 0.3) is 0 Å². The first-order valence-electron chi connectivity index (χ1n) is 3.89. The fourth-order valence-electron chi connectivity index (χ4n) is 1.07. The Morgan fingerprint density at radius 1 is 1.53 bits per heavy atom. The van der Waals surface area contributed by atoms with Crippen molar-refractivity contribution in [1.82, 2.24) is 0 Å². The second-order valence-electron chi connectivity index (χ2n) is 2.99. The number of sulfone groups is 1. The number of hydrogen-bond acceptors (Lipinski definition) is 5. The fourth-order valence-corrected chi connectivity index (χ4v) is 1.81. The van der Waals surface area contributed by atoms with E-state index >= 15 is 0 Å². The molecule has 0 aromatic heterocycles. The lowest BCUT2D eigenvalue weighted by Crippen LogP contribution is -2.04. The Kier molecular flexibility index (Phi) is 3.28. The van der Waals surface area contributed by atoms with E-state index in [2.05, 4.69) is 4.84 Å². The summed E-state index contributed by atoms with van der Waals surface area (Å²) in [6, 6.07) is 1.71. The second-order valence-corrected chi connectivity index (χ2v) is 4.98. The predicted octanol–water partition coefficient (Wildman–Crippen LogP) is 0.325. The van der Waals surface area contributed by atoms with Gasteiger partial charge in [0.1, 0.15) is 16.5 Å². The van der Waals surface area contributed by atoms with Gasteiger partial charge in [0.2, 0.25) is 0 Å². The van der Waals surface area contributed by atoms with Crippen molar-refractivity contribution in [3.8, 4) is 5.75 Å². The summed E-state index contributed by atoms with van der Waals surface area (Å²) in [7, 11) is -3.69. The van der Waals surface area contributed by atoms with E-state index in [1.165, 1.54) is 0 Å². The molecule has 0 unspecified atom stereocenters. The average Bonchev–Trinajstić information content (AvgIpc) is 2.09. The molecular weight excluding hydrogens is 225 g/mol. The molecule has 0 saturated carbocycles. The number of benzene rings is 1. The maximum absolute atomic E-state index is 13.3. The highest BCUT2D eigenvalue weighted by Crippen LogP contribution is 2.25. The summed E-state index contributed by atoms with van der Waals surface area (Å²) >= 11 is 0. The molecule has 1 aromatic rings. The monoisotopic (exact) mass is 235 g/mol. The molecule has 1 aromatic carbocycles. The van der Waals surface area contributed by atoms with Crippen LogP contribution in [-0.4, -0.2) is 19.8 Å². The molecule has 3 N–H and O–H groups in total. The predicted molar refractivity (Wildman–Crippen MR) is 50.2 cm³/mol. The van der Waals surface area contributed by atoms with E-state index in [-0.39, 0.29) is 17.9 Å². The molecule has 0 heterocycles. The lowest BCUT2D eigenvalue weighted by atomic mass is 10.2. The summed E-state index contributed by atoms with van der Waals surface area (Å²) in [5.41, 5.74) is 0.0856. The minimum Gasteiger partial charge on any atom is -0.508 e. The van der Waals surface area contributed by atoms with Crippen molar-refractivity contribution in [3.05, 3.63) is 23.5 Å². The number of phenolic OH excluding ortho intramolecular Hbond substituents is 1. The van der Waals surface area contributed by atoms with Crippen LogP contribution in [0.3, 0.4) is 0 Å². The van der Waals surface area contributed by atoms with Crippen LogP contribution < -0.4 is 5.90 Å². The Labute approximate surface area is 86.2 Å². The molecule has 0 fully saturated rings. The molecule has 15 heavy (non-hydrogen) atoms. The molecule has 0 spiro atoms. The fraction of sp³-hybridized carbons (Fsp3) is 0.250. The number of phenols is 1. The second kappa shape index (κ2) is 4.13. The Morgan fingerprint density at radius 2 is 2.13 bits per heavy atom. The zero-order chi connectivity index (χ0) is 11.6. The minimum atomic E-state index is -3.69. The molecule has 84 valence electrons. The van der Waals surface area contributed by atoms with Crippen LogP contribution >= 0.6 is 0 Å². The van der Waals surface area contributed by atoms with E-state index in [0.29, 0.717) is 0 Å². The Hall–Kier alpha value is -1.18. The molecule has 0 radical (unpaired) electrons. The molecule has 1 rings (SSSR count). The van der Waals surface area contributed by atoms with Gasteiger partial charge in [-0.25, -0.2) is 18.7 Å². The van der Waals surface area contributed by atoms with Crippen LogP contribution in [0.4, 0.5) is 4.39 Å². The van der Waals surface area contributed by atoms with Gasteiger partial charge in [0, 0.05) is 17.9 Å². The standard InChI is InChI=1S/C8H10FNO4S/c1-15(12,13)8-3-7(11)5(4-14-10)2-6(8)9/h2-3,11H,4,10H2,1H3. The van der Waals surface area contributed by atoms with Crippen LogP contribution in [0, 0.1) is 5.82 Å². The number of hydrogen-bond donors (Lipinski definition) is 2. The molecule has 0 saturated heterocycles. The molecule has 5 nitrogen and oxygen atoms in total. The molecule has 0 aliphatic heterocycles. The zero-order valence-electron chi connectivity index (χ0n) is 7.90. The summed E-state index contributed by atoms with van der Waals surface area (Å²) in [6.07, 6.45) is 0.851. The maximum atomic E-state index is 13.3. The van der Waals surface area contributed by atoms with Gasteiger partial charge in [-0.3, -0.25) is 4.84 Å². The Balaban J connectivity index is 3.32. The summed E-state index contributed by atoms with van der Waals surface area (Å²) in [4.78, 5) is 3.66. The van der Waals surface area contributed by atoms with E-state index in [1.807, 2.05) is 0 Å². The van der Waals surface area contributed by atoms with Crippen molar-refractivity contribution in [2.24, 2.45) is 5.90 Å². The van der Waals surface area contributed by atoms with E-state index < -0.39 is 20.5 Å². The van der Waals surface area contributed by atoms with Crippen molar-refractivity contribution in [3.63, 3.8) is 0 Å². The highest BCUT2D eigenvalue weighted by molar-refractivity contribution is 7.90. The Morgan fingerprint density at radius 3 is 2.60 bits per heavy atom. The van der Waals surface area contributed by atoms with Crippen molar-refractivity contribution >= 4 is 9.84 Å². The van der Waals surface area contributed by atoms with Gasteiger partial charge in [-0.15, -0.1) is 0 Å². The lowest BCUT2D eigenvalue weighted by Gasteiger charge is -2.06. The van der Waals surface area contributed by atoms with Crippen LogP contribution in [-0.2, 0) is 21.3 Å². The summed E-state index contributed by atoms with van der Waals surface area (Å²) in [6.45, 7) is -0.202. The van der Waals surface area contributed by atoms with Crippen molar-refractivity contribution in [2.75, 3.05) is 6.26 Å². The first-order chi connectivity index (χ1) is 6.86. The maximum Gasteiger partial charge on any atom is 0.178 e. The van der Waals surface area contributed by atoms with Crippen molar-refractivity contribution in [1.29, 1.82) is 0 Å². The van der Waals surface area contributed by atoms with E-state index in [1.54, 1.807) is 0 Å². The van der Waals surface area contributed by atoms with Crippen molar-refractivity contribution in [2.45, 2.75) is 11.5 Å².